The number of amides is 1. The minimum Gasteiger partial charge on any atom is -0.339 e. The first-order chi connectivity index (χ1) is 14.7. The van der Waals surface area contributed by atoms with Crippen molar-refractivity contribution in [3.05, 3.63) is 78.2 Å². The normalized spacial score (nSPS) is 16.7. The van der Waals surface area contributed by atoms with Crippen molar-refractivity contribution in [2.45, 2.75) is 18.8 Å². The van der Waals surface area contributed by atoms with Gasteiger partial charge in [0.1, 0.15) is 11.5 Å². The van der Waals surface area contributed by atoms with Crippen LogP contribution in [0.3, 0.4) is 0 Å². The van der Waals surface area contributed by atoms with Gasteiger partial charge >= 0.3 is 0 Å². The number of fused-ring (bicyclic) bond motifs is 1. The lowest BCUT2D eigenvalue weighted by Crippen LogP contribution is -2.39. The van der Waals surface area contributed by atoms with Gasteiger partial charge in [-0.05, 0) is 48.6 Å². The molecule has 2 aromatic heterocycles. The van der Waals surface area contributed by atoms with Gasteiger partial charge in [0.05, 0.1) is 5.92 Å². The van der Waals surface area contributed by atoms with E-state index in [1.807, 2.05) is 30.3 Å². The number of hydrogen-bond donors (Lipinski definition) is 0. The van der Waals surface area contributed by atoms with E-state index in [9.17, 15) is 9.18 Å². The molecular weight excluding hydrogens is 383 g/mol. The lowest BCUT2D eigenvalue weighted by molar-refractivity contribution is 0.0690. The second-order valence-electron chi connectivity index (χ2n) is 7.47. The summed E-state index contributed by atoms with van der Waals surface area (Å²) in [5.74, 6) is 0.475. The summed E-state index contributed by atoms with van der Waals surface area (Å²) < 4.78 is 18.6. The fraction of sp³-hybridized carbons (Fsp3) is 0.217. The summed E-state index contributed by atoms with van der Waals surface area (Å²) >= 11 is 0. The predicted octanol–water partition coefficient (Wildman–Crippen LogP) is 4.44. The van der Waals surface area contributed by atoms with Gasteiger partial charge in [0.2, 0.25) is 11.7 Å². The maximum atomic E-state index is 13.1. The first-order valence-electron chi connectivity index (χ1n) is 9.91. The third-order valence-corrected chi connectivity index (χ3v) is 5.45. The minimum atomic E-state index is -0.314. The Kier molecular flexibility index (Phi) is 4.71. The molecule has 0 radical (unpaired) electrons. The van der Waals surface area contributed by atoms with Crippen LogP contribution in [0.15, 0.2) is 65.3 Å². The van der Waals surface area contributed by atoms with Gasteiger partial charge in [-0.1, -0.05) is 29.4 Å². The highest BCUT2D eigenvalue weighted by molar-refractivity contribution is 5.96. The first kappa shape index (κ1) is 18.4. The van der Waals surface area contributed by atoms with Crippen LogP contribution in [0, 0.1) is 5.82 Å². The highest BCUT2D eigenvalue weighted by atomic mass is 19.1. The van der Waals surface area contributed by atoms with Gasteiger partial charge in [0.25, 0.3) is 5.91 Å². The highest BCUT2D eigenvalue weighted by Crippen LogP contribution is 2.28. The molecule has 0 bridgehead atoms. The average molecular weight is 402 g/mol. The van der Waals surface area contributed by atoms with Crippen LogP contribution >= 0.6 is 0 Å². The molecule has 1 amide bonds. The highest BCUT2D eigenvalue weighted by Gasteiger charge is 2.29. The maximum absolute atomic E-state index is 13.1. The van der Waals surface area contributed by atoms with Crippen molar-refractivity contribution in [3.8, 4) is 11.4 Å². The first-order valence-corrected chi connectivity index (χ1v) is 9.91. The van der Waals surface area contributed by atoms with Gasteiger partial charge in [-0.3, -0.25) is 9.78 Å². The summed E-state index contributed by atoms with van der Waals surface area (Å²) in [7, 11) is 0. The van der Waals surface area contributed by atoms with Crippen molar-refractivity contribution < 1.29 is 13.7 Å². The quantitative estimate of drug-likeness (QED) is 0.506. The number of nitrogens with zero attached hydrogens (tertiary/aromatic N) is 4. The molecule has 30 heavy (non-hydrogen) atoms. The average Bonchev–Trinajstić information content (AvgIpc) is 3.29. The Hall–Kier alpha value is -3.61. The molecule has 1 aliphatic heterocycles. The monoisotopic (exact) mass is 402 g/mol. The van der Waals surface area contributed by atoms with Crippen molar-refractivity contribution in [2.75, 3.05) is 13.1 Å². The van der Waals surface area contributed by atoms with Gasteiger partial charge in [-0.2, -0.15) is 4.98 Å². The number of benzene rings is 2. The fourth-order valence-corrected chi connectivity index (χ4v) is 3.84. The number of aromatic nitrogens is 3. The molecule has 1 aliphatic rings. The van der Waals surface area contributed by atoms with E-state index in [-0.39, 0.29) is 17.6 Å². The van der Waals surface area contributed by atoms with Crippen LogP contribution in [0.25, 0.3) is 22.2 Å². The molecule has 4 aromatic rings. The van der Waals surface area contributed by atoms with E-state index >= 15 is 0 Å². The molecular formula is C23H19FN4O2. The van der Waals surface area contributed by atoms with E-state index in [2.05, 4.69) is 15.1 Å². The predicted molar refractivity (Wildman–Crippen MR) is 109 cm³/mol. The van der Waals surface area contributed by atoms with Crippen molar-refractivity contribution in [1.29, 1.82) is 0 Å². The molecule has 1 unspecified atom stereocenters. The Morgan fingerprint density at radius 3 is 2.73 bits per heavy atom. The number of rotatable bonds is 3. The van der Waals surface area contributed by atoms with Gasteiger partial charge in [0, 0.05) is 30.2 Å². The standard InChI is InChI=1S/C23H19FN4O2/c24-19-9-7-15(8-10-19)21-26-22(30-27-21)18-6-3-11-28(14-18)23(29)20-12-16-4-1-2-5-17(16)13-25-20/h1-2,4-5,7-10,12-13,18H,3,6,11,14H2. The van der Waals surface area contributed by atoms with Crippen LogP contribution in [0.2, 0.25) is 0 Å². The van der Waals surface area contributed by atoms with E-state index in [1.54, 1.807) is 23.2 Å². The molecule has 7 heteroatoms. The van der Waals surface area contributed by atoms with Crippen molar-refractivity contribution >= 4 is 16.7 Å². The molecule has 1 atom stereocenters. The van der Waals surface area contributed by atoms with Crippen LogP contribution in [0.4, 0.5) is 4.39 Å². The molecule has 0 spiro atoms. The zero-order chi connectivity index (χ0) is 20.5. The summed E-state index contributed by atoms with van der Waals surface area (Å²) in [5.41, 5.74) is 1.13. The number of piperidine rings is 1. The Labute approximate surface area is 172 Å². The molecule has 3 heterocycles. The zero-order valence-electron chi connectivity index (χ0n) is 16.2. The fourth-order valence-electron chi connectivity index (χ4n) is 3.84. The Morgan fingerprint density at radius 2 is 1.90 bits per heavy atom. The molecule has 1 fully saturated rings. The topological polar surface area (TPSA) is 72.1 Å². The van der Waals surface area contributed by atoms with Crippen LogP contribution < -0.4 is 0 Å². The molecule has 2 aromatic carbocycles. The van der Waals surface area contributed by atoms with Crippen LogP contribution in [0.1, 0.15) is 35.1 Å². The lowest BCUT2D eigenvalue weighted by Gasteiger charge is -2.30. The van der Waals surface area contributed by atoms with Gasteiger partial charge in [0.15, 0.2) is 0 Å². The number of halogens is 1. The van der Waals surface area contributed by atoms with Crippen LogP contribution in [-0.4, -0.2) is 39.0 Å². The molecule has 1 saturated heterocycles. The zero-order valence-corrected chi connectivity index (χ0v) is 16.2. The molecule has 0 aliphatic carbocycles. The number of likely N-dealkylation sites (tertiary alicyclic amines) is 1. The molecule has 6 nitrogen and oxygen atoms in total. The maximum Gasteiger partial charge on any atom is 0.272 e. The van der Waals surface area contributed by atoms with Gasteiger partial charge in [-0.15, -0.1) is 0 Å². The third-order valence-electron chi connectivity index (χ3n) is 5.45. The summed E-state index contributed by atoms with van der Waals surface area (Å²) in [4.78, 5) is 23.7. The molecule has 5 rings (SSSR count). The number of pyridine rings is 1. The summed E-state index contributed by atoms with van der Waals surface area (Å²) in [5, 5.41) is 6.02. The van der Waals surface area contributed by atoms with E-state index in [4.69, 9.17) is 4.52 Å². The summed E-state index contributed by atoms with van der Waals surface area (Å²) in [6.45, 7) is 1.17. The summed E-state index contributed by atoms with van der Waals surface area (Å²) in [6, 6.07) is 15.6. The van der Waals surface area contributed by atoms with Gasteiger partial charge < -0.3 is 9.42 Å². The van der Waals surface area contributed by atoms with Crippen molar-refractivity contribution in [1.82, 2.24) is 20.0 Å². The second-order valence-corrected chi connectivity index (χ2v) is 7.47. The second kappa shape index (κ2) is 7.67. The molecule has 0 saturated carbocycles. The molecule has 150 valence electrons. The lowest BCUT2D eigenvalue weighted by atomic mass is 9.97. The number of carbonyl (C=O) groups is 1. The van der Waals surface area contributed by atoms with E-state index in [0.717, 1.165) is 23.6 Å². The smallest absolute Gasteiger partial charge is 0.272 e. The number of hydrogen-bond acceptors (Lipinski definition) is 5. The third kappa shape index (κ3) is 3.54. The molecule has 0 N–H and O–H groups in total. The van der Waals surface area contributed by atoms with Crippen LogP contribution in [-0.2, 0) is 0 Å². The van der Waals surface area contributed by atoms with Crippen molar-refractivity contribution in [3.63, 3.8) is 0 Å². The van der Waals surface area contributed by atoms with E-state index < -0.39 is 0 Å². The van der Waals surface area contributed by atoms with Crippen LogP contribution in [0.5, 0.6) is 0 Å². The van der Waals surface area contributed by atoms with E-state index in [0.29, 0.717) is 36.1 Å². The minimum absolute atomic E-state index is 0.0372. The number of carbonyl (C=O) groups excluding carboxylic acids is 1. The Bertz CT molecular complexity index is 1210. The Balaban J connectivity index is 1.34. The van der Waals surface area contributed by atoms with Gasteiger partial charge in [-0.25, -0.2) is 4.39 Å². The SMILES string of the molecule is O=C(c1cc2ccccc2cn1)N1CCCC(c2nc(-c3ccc(F)cc3)no2)C1. The largest absolute Gasteiger partial charge is 0.339 e. The van der Waals surface area contributed by atoms with E-state index in [1.165, 1.54) is 12.1 Å². The van der Waals surface area contributed by atoms with Crippen molar-refractivity contribution in [2.24, 2.45) is 0 Å². The summed E-state index contributed by atoms with van der Waals surface area (Å²) in [6.07, 6.45) is 3.44. The Morgan fingerprint density at radius 1 is 1.10 bits per heavy atom.